The third kappa shape index (κ3) is 5.71. The number of ether oxygens (including phenoxy) is 1. The summed E-state index contributed by atoms with van der Waals surface area (Å²) in [6.07, 6.45) is 2.02. The van der Waals surface area contributed by atoms with E-state index in [9.17, 15) is 9.59 Å². The molecule has 4 N–H and O–H groups in total. The molecule has 0 saturated carbocycles. The Labute approximate surface area is 204 Å². The number of nitrogens with two attached hydrogens (primary N) is 1. The van der Waals surface area contributed by atoms with Crippen LogP contribution >= 0.6 is 0 Å². The highest BCUT2D eigenvalue weighted by Crippen LogP contribution is 2.29. The number of morpholine rings is 1. The molecule has 0 radical (unpaired) electrons. The first-order chi connectivity index (χ1) is 16.7. The van der Waals surface area contributed by atoms with E-state index >= 15 is 4.39 Å². The van der Waals surface area contributed by atoms with Crippen LogP contribution in [0.3, 0.4) is 0 Å². The van der Waals surface area contributed by atoms with Crippen LogP contribution in [-0.4, -0.2) is 61.2 Å². The molecule has 2 fully saturated rings. The van der Waals surface area contributed by atoms with Gasteiger partial charge in [-0.05, 0) is 56.7 Å². The number of carbonyl (C=O) groups excluding carboxylic acids is 2. The maximum Gasteiger partial charge on any atom is 0.252 e. The van der Waals surface area contributed by atoms with Gasteiger partial charge in [0.25, 0.3) is 5.91 Å². The molecule has 1 aromatic heterocycles. The molecule has 35 heavy (non-hydrogen) atoms. The zero-order valence-corrected chi connectivity index (χ0v) is 20.0. The molecule has 3 unspecified atom stereocenters. The van der Waals surface area contributed by atoms with E-state index in [1.165, 1.54) is 12.1 Å². The average molecular weight is 483 g/mol. The molecule has 1 aromatic carbocycles. The van der Waals surface area contributed by atoms with Gasteiger partial charge in [0, 0.05) is 37.9 Å². The summed E-state index contributed by atoms with van der Waals surface area (Å²) in [5, 5.41) is 5.94. The second-order valence-electron chi connectivity index (χ2n) is 9.03. The number of benzene rings is 1. The first kappa shape index (κ1) is 24.5. The molecule has 2 saturated heterocycles. The monoisotopic (exact) mass is 482 g/mol. The van der Waals surface area contributed by atoms with Crippen molar-refractivity contribution in [3.05, 3.63) is 54.4 Å². The fourth-order valence-electron chi connectivity index (χ4n) is 4.62. The quantitative estimate of drug-likeness (QED) is 0.520. The number of carbonyl (C=O) groups is 2. The molecule has 0 spiro atoms. The molecule has 186 valence electrons. The molecular formula is C25H31FN6O3. The van der Waals surface area contributed by atoms with Gasteiger partial charge in [0.05, 0.1) is 23.5 Å². The van der Waals surface area contributed by atoms with Gasteiger partial charge in [-0.3, -0.25) is 9.59 Å². The number of rotatable bonds is 7. The number of aromatic nitrogens is 1. The van der Waals surface area contributed by atoms with Crippen molar-refractivity contribution in [3.8, 4) is 0 Å². The van der Waals surface area contributed by atoms with Crippen LogP contribution in [0.1, 0.15) is 30.6 Å². The van der Waals surface area contributed by atoms with E-state index < -0.39 is 5.91 Å². The second kappa shape index (κ2) is 10.3. The Bertz CT molecular complexity index is 1120. The summed E-state index contributed by atoms with van der Waals surface area (Å²) in [5.41, 5.74) is 6.71. The third-order valence-corrected chi connectivity index (χ3v) is 6.16. The van der Waals surface area contributed by atoms with Crippen LogP contribution in [0.15, 0.2) is 43.0 Å². The standard InChI is InChI=1S/C25H31FN6O3/c1-4-23(33)28-18-9-10-31(14-18)22-8-6-19(24(27)34)25(30-22)29-17-5-7-21(20(26)11-17)32-12-15(2)35-16(3)13-32/h4-8,11,15-16,18H,1,9-10,12-14H2,2-3H3,(H2,27,34)(H,28,33)(H,29,30). The maximum atomic E-state index is 15.1. The molecule has 2 amide bonds. The van der Waals surface area contributed by atoms with E-state index in [4.69, 9.17) is 10.5 Å². The molecular weight excluding hydrogens is 451 g/mol. The molecule has 3 heterocycles. The average Bonchev–Trinajstić information content (AvgIpc) is 3.26. The molecule has 0 bridgehead atoms. The number of halogens is 1. The van der Waals surface area contributed by atoms with E-state index in [0.717, 1.165) is 6.42 Å². The minimum absolute atomic E-state index is 0.0105. The summed E-state index contributed by atoms with van der Waals surface area (Å²) in [6.45, 7) is 9.88. The van der Waals surface area contributed by atoms with Gasteiger partial charge < -0.3 is 30.9 Å². The molecule has 2 aliphatic heterocycles. The summed E-state index contributed by atoms with van der Waals surface area (Å²) in [4.78, 5) is 32.2. The SMILES string of the molecule is C=CC(=O)NC1CCN(c2ccc(C(N)=O)c(Nc3ccc(N4CC(C)OC(C)C4)c(F)c3)n2)C1. The Hall–Kier alpha value is -3.66. The van der Waals surface area contributed by atoms with Crippen molar-refractivity contribution in [3.63, 3.8) is 0 Å². The molecule has 10 heteroatoms. The van der Waals surface area contributed by atoms with Gasteiger partial charge >= 0.3 is 0 Å². The topological polar surface area (TPSA) is 113 Å². The van der Waals surface area contributed by atoms with E-state index in [0.29, 0.717) is 43.4 Å². The number of hydrogen-bond donors (Lipinski definition) is 3. The van der Waals surface area contributed by atoms with Crippen LogP contribution in [0.2, 0.25) is 0 Å². The van der Waals surface area contributed by atoms with Crippen molar-refractivity contribution in [2.75, 3.05) is 41.3 Å². The smallest absolute Gasteiger partial charge is 0.252 e. The van der Waals surface area contributed by atoms with Gasteiger partial charge in [0.1, 0.15) is 17.5 Å². The Kier molecular flexibility index (Phi) is 7.20. The third-order valence-electron chi connectivity index (χ3n) is 6.16. The Morgan fingerprint density at radius 2 is 1.91 bits per heavy atom. The molecule has 0 aliphatic carbocycles. The van der Waals surface area contributed by atoms with Crippen LogP contribution in [-0.2, 0) is 9.53 Å². The highest BCUT2D eigenvalue weighted by molar-refractivity contribution is 5.98. The normalized spacial score (nSPS) is 22.1. The first-order valence-corrected chi connectivity index (χ1v) is 11.7. The van der Waals surface area contributed by atoms with Crippen molar-refractivity contribution in [2.24, 2.45) is 5.73 Å². The van der Waals surface area contributed by atoms with Crippen LogP contribution in [0.5, 0.6) is 0 Å². The molecule has 2 aromatic rings. The molecule has 3 atom stereocenters. The lowest BCUT2D eigenvalue weighted by Crippen LogP contribution is -2.45. The molecule has 2 aliphatic rings. The summed E-state index contributed by atoms with van der Waals surface area (Å²) in [7, 11) is 0. The minimum Gasteiger partial charge on any atom is -0.372 e. The highest BCUT2D eigenvalue weighted by Gasteiger charge is 2.26. The lowest BCUT2D eigenvalue weighted by molar-refractivity contribution is -0.117. The Balaban J connectivity index is 1.53. The van der Waals surface area contributed by atoms with Crippen molar-refractivity contribution in [2.45, 2.75) is 38.5 Å². The van der Waals surface area contributed by atoms with Crippen LogP contribution in [0, 0.1) is 5.82 Å². The number of nitrogens with one attached hydrogen (secondary N) is 2. The van der Waals surface area contributed by atoms with Crippen LogP contribution < -0.4 is 26.2 Å². The largest absolute Gasteiger partial charge is 0.372 e. The molecule has 4 rings (SSSR count). The zero-order chi connectivity index (χ0) is 25.1. The number of hydrogen-bond acceptors (Lipinski definition) is 7. The summed E-state index contributed by atoms with van der Waals surface area (Å²) in [5.74, 6) is -0.371. The van der Waals surface area contributed by atoms with E-state index in [-0.39, 0.29) is 41.4 Å². The summed E-state index contributed by atoms with van der Waals surface area (Å²) < 4.78 is 20.8. The second-order valence-corrected chi connectivity index (χ2v) is 9.03. The van der Waals surface area contributed by atoms with E-state index in [1.54, 1.807) is 24.3 Å². The number of nitrogens with zero attached hydrogens (tertiary/aromatic N) is 3. The minimum atomic E-state index is -0.641. The van der Waals surface area contributed by atoms with Gasteiger partial charge in [-0.25, -0.2) is 9.37 Å². The van der Waals surface area contributed by atoms with Crippen molar-refractivity contribution >= 4 is 34.8 Å². The van der Waals surface area contributed by atoms with Gasteiger partial charge in [0.15, 0.2) is 0 Å². The summed E-state index contributed by atoms with van der Waals surface area (Å²) >= 11 is 0. The fraction of sp³-hybridized carbons (Fsp3) is 0.400. The number of pyridine rings is 1. The first-order valence-electron chi connectivity index (χ1n) is 11.7. The van der Waals surface area contributed by atoms with Crippen LogP contribution in [0.25, 0.3) is 0 Å². The van der Waals surface area contributed by atoms with Crippen molar-refractivity contribution in [1.29, 1.82) is 0 Å². The summed E-state index contributed by atoms with van der Waals surface area (Å²) in [6, 6.07) is 8.14. The predicted molar refractivity (Wildman–Crippen MR) is 134 cm³/mol. The highest BCUT2D eigenvalue weighted by atomic mass is 19.1. The van der Waals surface area contributed by atoms with Gasteiger partial charge in [-0.15, -0.1) is 0 Å². The Morgan fingerprint density at radius 3 is 2.57 bits per heavy atom. The number of primary amides is 1. The Morgan fingerprint density at radius 1 is 1.17 bits per heavy atom. The zero-order valence-electron chi connectivity index (χ0n) is 20.0. The van der Waals surface area contributed by atoms with E-state index in [1.807, 2.05) is 23.6 Å². The van der Waals surface area contributed by atoms with Gasteiger partial charge in [-0.1, -0.05) is 6.58 Å². The maximum absolute atomic E-state index is 15.1. The number of anilines is 4. The fourth-order valence-corrected chi connectivity index (χ4v) is 4.62. The molecule has 9 nitrogen and oxygen atoms in total. The lowest BCUT2D eigenvalue weighted by Gasteiger charge is -2.37. The predicted octanol–water partition coefficient (Wildman–Crippen LogP) is 2.56. The lowest BCUT2D eigenvalue weighted by atomic mass is 10.1. The number of amides is 2. The van der Waals surface area contributed by atoms with Gasteiger partial charge in [-0.2, -0.15) is 0 Å². The van der Waals surface area contributed by atoms with E-state index in [2.05, 4.69) is 22.2 Å². The van der Waals surface area contributed by atoms with Gasteiger partial charge in [0.2, 0.25) is 5.91 Å². The van der Waals surface area contributed by atoms with Crippen molar-refractivity contribution in [1.82, 2.24) is 10.3 Å². The van der Waals surface area contributed by atoms with Crippen molar-refractivity contribution < 1.29 is 18.7 Å². The van der Waals surface area contributed by atoms with Crippen LogP contribution in [0.4, 0.5) is 27.4 Å².